The Hall–Kier alpha value is -2.88. The SMILES string of the molecule is COc1ccc(C(=O)Nc2ccc(NC3CCS(=O)(=O)C3)nn2)cc1OC. The summed E-state index contributed by atoms with van der Waals surface area (Å²) in [5.41, 5.74) is 0.382. The van der Waals surface area contributed by atoms with Crippen LogP contribution in [0.2, 0.25) is 0 Å². The molecule has 3 rings (SSSR count). The fourth-order valence-electron chi connectivity index (χ4n) is 2.76. The minimum absolute atomic E-state index is 0.0898. The van der Waals surface area contributed by atoms with Crippen LogP contribution in [0.1, 0.15) is 16.8 Å². The highest BCUT2D eigenvalue weighted by Gasteiger charge is 2.27. The van der Waals surface area contributed by atoms with Gasteiger partial charge in [0.05, 0.1) is 25.7 Å². The summed E-state index contributed by atoms with van der Waals surface area (Å²) in [7, 11) is 0.0420. The molecule has 2 heterocycles. The Kier molecular flexibility index (Phi) is 5.45. The van der Waals surface area contributed by atoms with E-state index in [9.17, 15) is 13.2 Å². The van der Waals surface area contributed by atoms with E-state index in [1.165, 1.54) is 14.2 Å². The molecular formula is C17H20N4O5S. The molecule has 0 bridgehead atoms. The molecule has 1 aliphatic rings. The second-order valence-electron chi connectivity index (χ2n) is 6.07. The first kappa shape index (κ1) is 18.9. The number of sulfone groups is 1. The number of aromatic nitrogens is 2. The molecule has 1 aromatic carbocycles. The zero-order valence-corrected chi connectivity index (χ0v) is 15.7. The minimum Gasteiger partial charge on any atom is -0.493 e. The van der Waals surface area contributed by atoms with Crippen molar-refractivity contribution in [2.24, 2.45) is 0 Å². The van der Waals surface area contributed by atoms with Crippen molar-refractivity contribution in [3.05, 3.63) is 35.9 Å². The lowest BCUT2D eigenvalue weighted by molar-refractivity contribution is 0.102. The van der Waals surface area contributed by atoms with Crippen molar-refractivity contribution < 1.29 is 22.7 Å². The van der Waals surface area contributed by atoms with Crippen LogP contribution in [0, 0.1) is 0 Å². The molecule has 2 aromatic rings. The van der Waals surface area contributed by atoms with Gasteiger partial charge in [-0.2, -0.15) is 0 Å². The van der Waals surface area contributed by atoms with Crippen molar-refractivity contribution >= 4 is 27.4 Å². The highest BCUT2D eigenvalue weighted by atomic mass is 32.2. The average molecular weight is 392 g/mol. The number of ether oxygens (including phenoxy) is 2. The molecular weight excluding hydrogens is 372 g/mol. The van der Waals surface area contributed by atoms with Gasteiger partial charge in [0, 0.05) is 11.6 Å². The Labute approximate surface area is 157 Å². The maximum atomic E-state index is 12.4. The summed E-state index contributed by atoms with van der Waals surface area (Å²) < 4.78 is 33.3. The molecule has 1 saturated heterocycles. The number of rotatable bonds is 6. The molecule has 0 radical (unpaired) electrons. The molecule has 27 heavy (non-hydrogen) atoms. The van der Waals surface area contributed by atoms with Gasteiger partial charge in [-0.1, -0.05) is 0 Å². The molecule has 2 N–H and O–H groups in total. The molecule has 1 fully saturated rings. The second kappa shape index (κ2) is 7.78. The lowest BCUT2D eigenvalue weighted by atomic mass is 10.2. The van der Waals surface area contributed by atoms with Gasteiger partial charge < -0.3 is 20.1 Å². The monoisotopic (exact) mass is 392 g/mol. The molecule has 0 aliphatic carbocycles. The number of nitrogens with zero attached hydrogens (tertiary/aromatic N) is 2. The first-order valence-electron chi connectivity index (χ1n) is 8.24. The van der Waals surface area contributed by atoms with Crippen LogP contribution in [0.5, 0.6) is 11.5 Å². The third-order valence-electron chi connectivity index (χ3n) is 4.14. The molecule has 10 heteroatoms. The van der Waals surface area contributed by atoms with Crippen molar-refractivity contribution in [3.8, 4) is 11.5 Å². The summed E-state index contributed by atoms with van der Waals surface area (Å²) in [6, 6.07) is 7.89. The van der Waals surface area contributed by atoms with E-state index in [1.807, 2.05) is 0 Å². The van der Waals surface area contributed by atoms with Gasteiger partial charge in [0.1, 0.15) is 5.82 Å². The van der Waals surface area contributed by atoms with Gasteiger partial charge in [0.15, 0.2) is 27.2 Å². The smallest absolute Gasteiger partial charge is 0.257 e. The lowest BCUT2D eigenvalue weighted by Gasteiger charge is -2.11. The van der Waals surface area contributed by atoms with E-state index < -0.39 is 9.84 Å². The van der Waals surface area contributed by atoms with Gasteiger partial charge >= 0.3 is 0 Å². The Morgan fingerprint density at radius 2 is 1.78 bits per heavy atom. The van der Waals surface area contributed by atoms with E-state index in [4.69, 9.17) is 9.47 Å². The number of amides is 1. The van der Waals surface area contributed by atoms with E-state index in [0.29, 0.717) is 29.3 Å². The van der Waals surface area contributed by atoms with Crippen molar-refractivity contribution in [1.82, 2.24) is 10.2 Å². The fourth-order valence-corrected chi connectivity index (χ4v) is 4.43. The third-order valence-corrected chi connectivity index (χ3v) is 5.90. The molecule has 1 atom stereocenters. The van der Waals surface area contributed by atoms with Crippen LogP contribution in [0.25, 0.3) is 0 Å². The zero-order valence-electron chi connectivity index (χ0n) is 14.9. The van der Waals surface area contributed by atoms with Crippen LogP contribution in [-0.2, 0) is 9.84 Å². The van der Waals surface area contributed by atoms with Gasteiger partial charge in [-0.3, -0.25) is 4.79 Å². The minimum atomic E-state index is -2.97. The highest BCUT2D eigenvalue weighted by Crippen LogP contribution is 2.27. The predicted molar refractivity (Wildman–Crippen MR) is 100 cm³/mol. The summed E-state index contributed by atoms with van der Waals surface area (Å²) in [4.78, 5) is 12.4. The maximum Gasteiger partial charge on any atom is 0.257 e. The summed E-state index contributed by atoms with van der Waals surface area (Å²) in [6.45, 7) is 0. The quantitative estimate of drug-likeness (QED) is 0.756. The standard InChI is InChI=1S/C17H20N4O5S/c1-25-13-4-3-11(9-14(13)26-2)17(22)19-16-6-5-15(20-21-16)18-12-7-8-27(23,24)10-12/h3-6,9,12H,7-8,10H2,1-2H3,(H,18,20)(H,19,21,22). The lowest BCUT2D eigenvalue weighted by Crippen LogP contribution is -2.21. The van der Waals surface area contributed by atoms with Crippen molar-refractivity contribution in [1.29, 1.82) is 0 Å². The first-order chi connectivity index (χ1) is 12.9. The predicted octanol–water partition coefficient (Wildman–Crippen LogP) is 1.35. The molecule has 1 unspecified atom stereocenters. The normalized spacial score (nSPS) is 17.9. The van der Waals surface area contributed by atoms with E-state index in [1.54, 1.807) is 30.3 Å². The Balaban J connectivity index is 1.63. The largest absolute Gasteiger partial charge is 0.493 e. The van der Waals surface area contributed by atoms with E-state index >= 15 is 0 Å². The summed E-state index contributed by atoms with van der Waals surface area (Å²) in [5, 5.41) is 13.6. The Morgan fingerprint density at radius 3 is 2.37 bits per heavy atom. The molecule has 9 nitrogen and oxygen atoms in total. The van der Waals surface area contributed by atoms with Crippen LogP contribution >= 0.6 is 0 Å². The molecule has 1 aromatic heterocycles. The first-order valence-corrected chi connectivity index (χ1v) is 10.1. The van der Waals surface area contributed by atoms with Crippen LogP contribution in [-0.4, -0.2) is 56.3 Å². The molecule has 144 valence electrons. The van der Waals surface area contributed by atoms with Gasteiger partial charge in [-0.05, 0) is 36.8 Å². The number of anilines is 2. The van der Waals surface area contributed by atoms with Gasteiger partial charge in [-0.15, -0.1) is 10.2 Å². The van der Waals surface area contributed by atoms with Gasteiger partial charge in [-0.25, -0.2) is 8.42 Å². The highest BCUT2D eigenvalue weighted by molar-refractivity contribution is 7.91. The van der Waals surface area contributed by atoms with E-state index in [2.05, 4.69) is 20.8 Å². The summed E-state index contributed by atoms with van der Waals surface area (Å²) >= 11 is 0. The van der Waals surface area contributed by atoms with Crippen molar-refractivity contribution in [3.63, 3.8) is 0 Å². The third kappa shape index (κ3) is 4.64. The number of hydrogen-bond donors (Lipinski definition) is 2. The van der Waals surface area contributed by atoms with Crippen molar-refractivity contribution in [2.45, 2.75) is 12.5 Å². The number of nitrogens with one attached hydrogen (secondary N) is 2. The number of methoxy groups -OCH3 is 2. The maximum absolute atomic E-state index is 12.4. The van der Waals surface area contributed by atoms with Crippen LogP contribution in [0.3, 0.4) is 0 Å². The number of hydrogen-bond acceptors (Lipinski definition) is 8. The Bertz CT molecular complexity index is 931. The summed E-state index contributed by atoms with van der Waals surface area (Å²) in [6.07, 6.45) is 0.543. The molecule has 1 amide bonds. The van der Waals surface area contributed by atoms with E-state index in [-0.39, 0.29) is 29.3 Å². The van der Waals surface area contributed by atoms with Crippen LogP contribution in [0.4, 0.5) is 11.6 Å². The average Bonchev–Trinajstić information content (AvgIpc) is 3.01. The van der Waals surface area contributed by atoms with Crippen molar-refractivity contribution in [2.75, 3.05) is 36.4 Å². The van der Waals surface area contributed by atoms with Gasteiger partial charge in [0.2, 0.25) is 0 Å². The fraction of sp³-hybridized carbons (Fsp3) is 0.353. The van der Waals surface area contributed by atoms with E-state index in [0.717, 1.165) is 0 Å². The molecule has 1 aliphatic heterocycles. The number of benzene rings is 1. The number of carbonyl (C=O) groups is 1. The topological polar surface area (TPSA) is 120 Å². The summed E-state index contributed by atoms with van der Waals surface area (Å²) in [5.74, 6) is 1.61. The zero-order chi connectivity index (χ0) is 19.4. The van der Waals surface area contributed by atoms with Crippen LogP contribution < -0.4 is 20.1 Å². The second-order valence-corrected chi connectivity index (χ2v) is 8.30. The van der Waals surface area contributed by atoms with Crippen LogP contribution in [0.15, 0.2) is 30.3 Å². The Morgan fingerprint density at radius 1 is 1.07 bits per heavy atom. The molecule has 0 saturated carbocycles. The van der Waals surface area contributed by atoms with Gasteiger partial charge in [0.25, 0.3) is 5.91 Å². The molecule has 0 spiro atoms. The number of carbonyl (C=O) groups excluding carboxylic acids is 1.